The topological polar surface area (TPSA) is 51.4 Å². The average Bonchev–Trinajstić information content (AvgIpc) is 2.48. The van der Waals surface area contributed by atoms with E-state index in [0.29, 0.717) is 5.88 Å². The molecule has 0 atom stereocenters. The van der Waals surface area contributed by atoms with Gasteiger partial charge in [-0.3, -0.25) is 4.90 Å². The van der Waals surface area contributed by atoms with Gasteiger partial charge in [-0.1, -0.05) is 18.2 Å². The lowest BCUT2D eigenvalue weighted by atomic mass is 9.98. The zero-order valence-corrected chi connectivity index (χ0v) is 11.7. The Morgan fingerprint density at radius 3 is 2.95 bits per heavy atom. The van der Waals surface area contributed by atoms with Gasteiger partial charge in [-0.25, -0.2) is 4.98 Å². The molecule has 1 aromatic heterocycles. The van der Waals surface area contributed by atoms with Crippen LogP contribution in [-0.4, -0.2) is 23.5 Å². The van der Waals surface area contributed by atoms with Gasteiger partial charge in [0.2, 0.25) is 5.88 Å². The van der Waals surface area contributed by atoms with E-state index in [1.54, 1.807) is 7.11 Å². The Labute approximate surface area is 119 Å². The van der Waals surface area contributed by atoms with Gasteiger partial charge in [0.25, 0.3) is 0 Å². The van der Waals surface area contributed by atoms with Gasteiger partial charge in [0.1, 0.15) is 0 Å². The summed E-state index contributed by atoms with van der Waals surface area (Å²) in [5.41, 5.74) is 10.8. The molecule has 0 aliphatic carbocycles. The minimum Gasteiger partial charge on any atom is -0.481 e. The average molecular weight is 269 g/mol. The SMILES string of the molecule is COc1ccc(CN2CCc3c(N)cccc3C2)cn1. The molecule has 1 aliphatic heterocycles. The molecule has 0 amide bonds. The molecule has 2 N–H and O–H groups in total. The van der Waals surface area contributed by atoms with Gasteiger partial charge in [0.05, 0.1) is 7.11 Å². The van der Waals surface area contributed by atoms with E-state index >= 15 is 0 Å². The molecule has 1 aliphatic rings. The fourth-order valence-corrected chi connectivity index (χ4v) is 2.72. The first kappa shape index (κ1) is 12.9. The fourth-order valence-electron chi connectivity index (χ4n) is 2.72. The molecule has 20 heavy (non-hydrogen) atoms. The Bertz CT molecular complexity index is 595. The second kappa shape index (κ2) is 5.51. The number of rotatable bonds is 3. The number of nitrogens with zero attached hydrogens (tertiary/aromatic N) is 2. The van der Waals surface area contributed by atoms with Crippen LogP contribution in [-0.2, 0) is 19.5 Å². The number of ether oxygens (including phenoxy) is 1. The van der Waals surface area contributed by atoms with Crippen molar-refractivity contribution in [3.63, 3.8) is 0 Å². The van der Waals surface area contributed by atoms with E-state index in [9.17, 15) is 0 Å². The Balaban J connectivity index is 1.70. The monoisotopic (exact) mass is 269 g/mol. The van der Waals surface area contributed by atoms with Crippen molar-refractivity contribution < 1.29 is 4.74 Å². The van der Waals surface area contributed by atoms with E-state index in [4.69, 9.17) is 10.5 Å². The van der Waals surface area contributed by atoms with Crippen LogP contribution in [0.5, 0.6) is 5.88 Å². The number of methoxy groups -OCH3 is 1. The van der Waals surface area contributed by atoms with E-state index in [1.807, 2.05) is 24.4 Å². The van der Waals surface area contributed by atoms with Gasteiger partial charge < -0.3 is 10.5 Å². The van der Waals surface area contributed by atoms with Crippen LogP contribution in [0.25, 0.3) is 0 Å². The lowest BCUT2D eigenvalue weighted by Crippen LogP contribution is -2.30. The lowest BCUT2D eigenvalue weighted by molar-refractivity contribution is 0.245. The van der Waals surface area contributed by atoms with Crippen LogP contribution in [0, 0.1) is 0 Å². The number of anilines is 1. The minimum absolute atomic E-state index is 0.658. The normalized spacial score (nSPS) is 14.8. The van der Waals surface area contributed by atoms with Crippen LogP contribution in [0.4, 0.5) is 5.69 Å². The number of nitrogen functional groups attached to an aromatic ring is 1. The van der Waals surface area contributed by atoms with Crippen molar-refractivity contribution in [3.8, 4) is 5.88 Å². The number of hydrogen-bond acceptors (Lipinski definition) is 4. The predicted octanol–water partition coefficient (Wildman–Crippen LogP) is 2.23. The van der Waals surface area contributed by atoms with E-state index in [1.165, 1.54) is 16.7 Å². The quantitative estimate of drug-likeness (QED) is 0.868. The summed E-state index contributed by atoms with van der Waals surface area (Å²) in [5, 5.41) is 0. The Hall–Kier alpha value is -2.07. The smallest absolute Gasteiger partial charge is 0.212 e. The number of nitrogens with two attached hydrogens (primary N) is 1. The van der Waals surface area contributed by atoms with E-state index in [-0.39, 0.29) is 0 Å². The van der Waals surface area contributed by atoms with Crippen LogP contribution in [0.15, 0.2) is 36.5 Å². The molecule has 4 heteroatoms. The highest BCUT2D eigenvalue weighted by Gasteiger charge is 2.17. The molecule has 0 bridgehead atoms. The summed E-state index contributed by atoms with van der Waals surface area (Å²) in [6, 6.07) is 10.2. The molecule has 0 fully saturated rings. The van der Waals surface area contributed by atoms with Crippen molar-refractivity contribution in [1.29, 1.82) is 0 Å². The molecule has 0 unspecified atom stereocenters. The summed E-state index contributed by atoms with van der Waals surface area (Å²) >= 11 is 0. The number of hydrogen-bond donors (Lipinski definition) is 1. The first-order chi connectivity index (χ1) is 9.76. The summed E-state index contributed by atoms with van der Waals surface area (Å²) in [4.78, 5) is 6.67. The second-order valence-corrected chi connectivity index (χ2v) is 5.15. The van der Waals surface area contributed by atoms with Crippen molar-refractivity contribution in [2.75, 3.05) is 19.4 Å². The Morgan fingerprint density at radius 2 is 2.20 bits per heavy atom. The molecular formula is C16H19N3O. The third-order valence-corrected chi connectivity index (χ3v) is 3.79. The van der Waals surface area contributed by atoms with Crippen LogP contribution < -0.4 is 10.5 Å². The maximum Gasteiger partial charge on any atom is 0.212 e. The molecule has 2 heterocycles. The van der Waals surface area contributed by atoms with Gasteiger partial charge >= 0.3 is 0 Å². The van der Waals surface area contributed by atoms with Crippen molar-refractivity contribution in [2.45, 2.75) is 19.5 Å². The van der Waals surface area contributed by atoms with Crippen LogP contribution in [0.1, 0.15) is 16.7 Å². The molecule has 104 valence electrons. The highest BCUT2D eigenvalue weighted by Crippen LogP contribution is 2.25. The van der Waals surface area contributed by atoms with Crippen molar-refractivity contribution in [3.05, 3.63) is 53.2 Å². The summed E-state index contributed by atoms with van der Waals surface area (Å²) < 4.78 is 5.08. The standard InChI is InChI=1S/C16H19N3O/c1-20-16-6-5-12(9-18-16)10-19-8-7-14-13(11-19)3-2-4-15(14)17/h2-6,9H,7-8,10-11,17H2,1H3. The van der Waals surface area contributed by atoms with Crippen molar-refractivity contribution in [2.24, 2.45) is 0 Å². The van der Waals surface area contributed by atoms with Gasteiger partial charge in [0.15, 0.2) is 0 Å². The first-order valence-corrected chi connectivity index (χ1v) is 6.84. The summed E-state index contributed by atoms with van der Waals surface area (Å²) in [6.45, 7) is 2.89. The van der Waals surface area contributed by atoms with E-state index in [0.717, 1.165) is 31.7 Å². The Kier molecular flexibility index (Phi) is 3.56. The molecule has 0 saturated heterocycles. The zero-order chi connectivity index (χ0) is 13.9. The Morgan fingerprint density at radius 1 is 1.30 bits per heavy atom. The van der Waals surface area contributed by atoms with Gasteiger partial charge in [-0.2, -0.15) is 0 Å². The van der Waals surface area contributed by atoms with Crippen LogP contribution in [0.2, 0.25) is 0 Å². The number of fused-ring (bicyclic) bond motifs is 1. The first-order valence-electron chi connectivity index (χ1n) is 6.84. The van der Waals surface area contributed by atoms with E-state index < -0.39 is 0 Å². The third kappa shape index (κ3) is 2.60. The number of pyridine rings is 1. The molecule has 1 aromatic carbocycles. The lowest BCUT2D eigenvalue weighted by Gasteiger charge is -2.29. The molecular weight excluding hydrogens is 250 g/mol. The van der Waals surface area contributed by atoms with Gasteiger partial charge in [0, 0.05) is 37.6 Å². The van der Waals surface area contributed by atoms with Gasteiger partial charge in [-0.05, 0) is 29.2 Å². The summed E-state index contributed by atoms with van der Waals surface area (Å²) in [5.74, 6) is 0.658. The molecule has 3 rings (SSSR count). The van der Waals surface area contributed by atoms with Crippen LogP contribution in [0.3, 0.4) is 0 Å². The van der Waals surface area contributed by atoms with Crippen LogP contribution >= 0.6 is 0 Å². The maximum atomic E-state index is 6.03. The molecule has 0 saturated carbocycles. The molecule has 4 nitrogen and oxygen atoms in total. The third-order valence-electron chi connectivity index (χ3n) is 3.79. The van der Waals surface area contributed by atoms with Gasteiger partial charge in [-0.15, -0.1) is 0 Å². The number of aromatic nitrogens is 1. The largest absolute Gasteiger partial charge is 0.481 e. The summed E-state index contributed by atoms with van der Waals surface area (Å²) in [6.07, 6.45) is 2.90. The number of benzene rings is 1. The molecule has 2 aromatic rings. The highest BCUT2D eigenvalue weighted by molar-refractivity contribution is 5.51. The zero-order valence-electron chi connectivity index (χ0n) is 11.7. The van der Waals surface area contributed by atoms with E-state index in [2.05, 4.69) is 22.0 Å². The molecule has 0 spiro atoms. The summed E-state index contributed by atoms with van der Waals surface area (Å²) in [7, 11) is 1.63. The van der Waals surface area contributed by atoms with Crippen molar-refractivity contribution in [1.82, 2.24) is 9.88 Å². The fraction of sp³-hybridized carbons (Fsp3) is 0.312. The second-order valence-electron chi connectivity index (χ2n) is 5.15. The highest BCUT2D eigenvalue weighted by atomic mass is 16.5. The van der Waals surface area contributed by atoms with Crippen molar-refractivity contribution >= 4 is 5.69 Å². The molecule has 0 radical (unpaired) electrons. The predicted molar refractivity (Wildman–Crippen MR) is 79.5 cm³/mol. The maximum absolute atomic E-state index is 6.03. The minimum atomic E-state index is 0.658.